The Bertz CT molecular complexity index is 948. The van der Waals surface area contributed by atoms with Gasteiger partial charge >= 0.3 is 0 Å². The predicted molar refractivity (Wildman–Crippen MR) is 113 cm³/mol. The zero-order chi connectivity index (χ0) is 20.9. The molecule has 1 aliphatic rings. The largest absolute Gasteiger partial charge is 0.338 e. The molecule has 1 heterocycles. The zero-order valence-electron chi connectivity index (χ0n) is 16.8. The number of amides is 1. The summed E-state index contributed by atoms with van der Waals surface area (Å²) in [4.78, 5) is 26.9. The highest BCUT2D eigenvalue weighted by Gasteiger charge is 2.35. The number of benzene rings is 1. The van der Waals surface area contributed by atoms with Gasteiger partial charge in [0.15, 0.2) is 0 Å². The Morgan fingerprint density at radius 1 is 1.17 bits per heavy atom. The molecule has 0 bridgehead atoms. The van der Waals surface area contributed by atoms with E-state index in [0.717, 1.165) is 48.1 Å². The molecule has 1 aromatic heterocycles. The van der Waals surface area contributed by atoms with Gasteiger partial charge in [-0.25, -0.2) is 0 Å². The summed E-state index contributed by atoms with van der Waals surface area (Å²) in [5.41, 5.74) is 9.08. The molecule has 0 spiro atoms. The summed E-state index contributed by atoms with van der Waals surface area (Å²) in [6, 6.07) is 12.7. The maximum atomic E-state index is 12.7. The second kappa shape index (κ2) is 9.06. The van der Waals surface area contributed by atoms with Gasteiger partial charge in [-0.3, -0.25) is 9.59 Å². The number of hydrogen-bond acceptors (Lipinski definition) is 4. The molecule has 2 aromatic rings. The summed E-state index contributed by atoms with van der Waals surface area (Å²) in [6.07, 6.45) is 5.88. The molecule has 0 unspecified atom stereocenters. The van der Waals surface area contributed by atoms with Crippen molar-refractivity contribution in [3.05, 3.63) is 58.0 Å². The summed E-state index contributed by atoms with van der Waals surface area (Å²) in [5, 5.41) is 12.4. The molecule has 6 nitrogen and oxygen atoms in total. The number of rotatable bonds is 5. The molecular weight excluding hydrogens is 364 g/mol. The number of nitrogens with two attached hydrogens (primary N) is 1. The van der Waals surface area contributed by atoms with Crippen molar-refractivity contribution in [1.82, 2.24) is 10.3 Å². The number of carbonyl (C=O) groups is 1. The predicted octanol–water partition coefficient (Wildman–Crippen LogP) is 2.95. The van der Waals surface area contributed by atoms with Crippen LogP contribution in [0.3, 0.4) is 0 Å². The first-order chi connectivity index (χ1) is 13.9. The Hall–Kier alpha value is -2.91. The van der Waals surface area contributed by atoms with Crippen LogP contribution in [0.5, 0.6) is 0 Å². The van der Waals surface area contributed by atoms with Crippen molar-refractivity contribution >= 4 is 5.91 Å². The van der Waals surface area contributed by atoms with Gasteiger partial charge in [0.25, 0.3) is 0 Å². The fourth-order valence-corrected chi connectivity index (χ4v) is 3.96. The van der Waals surface area contributed by atoms with Crippen molar-refractivity contribution in [2.75, 3.05) is 0 Å². The second-order valence-corrected chi connectivity index (χ2v) is 7.99. The minimum Gasteiger partial charge on any atom is -0.338 e. The van der Waals surface area contributed by atoms with E-state index in [4.69, 9.17) is 5.73 Å². The van der Waals surface area contributed by atoms with Crippen molar-refractivity contribution < 1.29 is 4.79 Å². The smallest absolute Gasteiger partial charge is 0.248 e. The summed E-state index contributed by atoms with van der Waals surface area (Å²) < 4.78 is 0. The van der Waals surface area contributed by atoms with Crippen LogP contribution in [0.15, 0.2) is 41.2 Å². The molecule has 1 aromatic carbocycles. The van der Waals surface area contributed by atoms with Gasteiger partial charge in [-0.2, -0.15) is 5.26 Å². The molecule has 1 saturated carbocycles. The van der Waals surface area contributed by atoms with Crippen molar-refractivity contribution in [3.8, 4) is 17.2 Å². The minimum absolute atomic E-state index is 0.123. The third kappa shape index (κ3) is 5.12. The number of aryl methyl sites for hydroxylation is 1. The Kier molecular flexibility index (Phi) is 6.50. The summed E-state index contributed by atoms with van der Waals surface area (Å²) >= 11 is 0. The molecule has 4 N–H and O–H groups in total. The third-order valence-corrected chi connectivity index (χ3v) is 5.73. The maximum absolute atomic E-state index is 12.7. The van der Waals surface area contributed by atoms with E-state index in [1.807, 2.05) is 31.2 Å². The lowest BCUT2D eigenvalue weighted by Crippen LogP contribution is -2.56. The van der Waals surface area contributed by atoms with Gasteiger partial charge in [0.2, 0.25) is 11.5 Å². The number of H-pyrrole nitrogens is 1. The average molecular weight is 393 g/mol. The molecule has 0 aliphatic heterocycles. The van der Waals surface area contributed by atoms with Crippen molar-refractivity contribution in [2.24, 2.45) is 5.73 Å². The SMILES string of the molecule is Cc1[nH]c(=O)ccc1-c1ccc(C[C@@H](C#N)NC(=O)C2(N)CCCCCC2)cc1. The lowest BCUT2D eigenvalue weighted by molar-refractivity contribution is -0.127. The van der Waals surface area contributed by atoms with Gasteiger partial charge in [-0.1, -0.05) is 49.9 Å². The van der Waals surface area contributed by atoms with Crippen LogP contribution in [0, 0.1) is 18.3 Å². The average Bonchev–Trinajstić information content (AvgIpc) is 2.94. The van der Waals surface area contributed by atoms with E-state index in [9.17, 15) is 14.9 Å². The van der Waals surface area contributed by atoms with Crippen molar-refractivity contribution in [1.29, 1.82) is 5.26 Å². The molecular formula is C23H28N4O2. The summed E-state index contributed by atoms with van der Waals surface area (Å²) in [5.74, 6) is -0.216. The molecule has 1 fully saturated rings. The highest BCUT2D eigenvalue weighted by molar-refractivity contribution is 5.86. The first-order valence-electron chi connectivity index (χ1n) is 10.2. The van der Waals surface area contributed by atoms with E-state index in [2.05, 4.69) is 16.4 Å². The number of aromatic amines is 1. The lowest BCUT2D eigenvalue weighted by atomic mass is 9.90. The highest BCUT2D eigenvalue weighted by atomic mass is 16.2. The number of hydrogen-bond donors (Lipinski definition) is 3. The molecule has 6 heteroatoms. The summed E-state index contributed by atoms with van der Waals surface area (Å²) in [6.45, 7) is 1.86. The number of nitrogens with zero attached hydrogens (tertiary/aromatic N) is 1. The molecule has 0 saturated heterocycles. The van der Waals surface area contributed by atoms with Crippen LogP contribution in [-0.4, -0.2) is 22.5 Å². The quantitative estimate of drug-likeness (QED) is 0.679. The van der Waals surface area contributed by atoms with Gasteiger partial charge in [0.1, 0.15) is 6.04 Å². The van der Waals surface area contributed by atoms with Crippen LogP contribution in [-0.2, 0) is 11.2 Å². The topological polar surface area (TPSA) is 112 Å². The van der Waals surface area contributed by atoms with Gasteiger partial charge in [0, 0.05) is 23.7 Å². The zero-order valence-corrected chi connectivity index (χ0v) is 16.8. The van der Waals surface area contributed by atoms with Gasteiger partial charge in [-0.15, -0.1) is 0 Å². The summed E-state index contributed by atoms with van der Waals surface area (Å²) in [7, 11) is 0. The van der Waals surface area contributed by atoms with E-state index < -0.39 is 11.6 Å². The van der Waals surface area contributed by atoms with Gasteiger partial charge < -0.3 is 16.0 Å². The molecule has 152 valence electrons. The van der Waals surface area contributed by atoms with Crippen LogP contribution in [0.2, 0.25) is 0 Å². The van der Waals surface area contributed by atoms with Crippen LogP contribution in [0.1, 0.15) is 49.8 Å². The first kappa shape index (κ1) is 20.8. The number of carbonyl (C=O) groups excluding carboxylic acids is 1. The van der Waals surface area contributed by atoms with E-state index in [0.29, 0.717) is 19.3 Å². The first-order valence-corrected chi connectivity index (χ1v) is 10.2. The molecule has 1 atom stereocenters. The fourth-order valence-electron chi connectivity index (χ4n) is 3.96. The number of aromatic nitrogens is 1. The number of pyridine rings is 1. The van der Waals surface area contributed by atoms with E-state index in [1.54, 1.807) is 6.07 Å². The Labute approximate surface area is 171 Å². The van der Waals surface area contributed by atoms with E-state index in [-0.39, 0.29) is 11.5 Å². The molecule has 3 rings (SSSR count). The van der Waals surface area contributed by atoms with Crippen molar-refractivity contribution in [3.63, 3.8) is 0 Å². The van der Waals surface area contributed by atoms with Crippen LogP contribution >= 0.6 is 0 Å². The Balaban J connectivity index is 1.67. The number of nitrogens with one attached hydrogen (secondary N) is 2. The Morgan fingerprint density at radius 2 is 1.83 bits per heavy atom. The number of nitriles is 1. The van der Waals surface area contributed by atoms with Gasteiger partial charge in [-0.05, 0) is 37.0 Å². The standard InChI is InChI=1S/C23H28N4O2/c1-16-20(10-11-21(28)26-16)18-8-6-17(7-9-18)14-19(15-24)27-22(29)23(25)12-4-2-3-5-13-23/h6-11,19H,2-5,12-14,25H2,1H3,(H,26,28)(H,27,29)/t19-/m0/s1. The molecule has 0 radical (unpaired) electrons. The monoisotopic (exact) mass is 392 g/mol. The van der Waals surface area contributed by atoms with E-state index in [1.165, 1.54) is 6.07 Å². The maximum Gasteiger partial charge on any atom is 0.248 e. The van der Waals surface area contributed by atoms with Crippen molar-refractivity contribution in [2.45, 2.75) is 63.5 Å². The van der Waals surface area contributed by atoms with E-state index >= 15 is 0 Å². The highest BCUT2D eigenvalue weighted by Crippen LogP contribution is 2.25. The second-order valence-electron chi connectivity index (χ2n) is 7.99. The molecule has 1 amide bonds. The third-order valence-electron chi connectivity index (χ3n) is 5.73. The lowest BCUT2D eigenvalue weighted by Gasteiger charge is -2.28. The Morgan fingerprint density at radius 3 is 2.41 bits per heavy atom. The minimum atomic E-state index is -0.864. The van der Waals surface area contributed by atoms with Crippen LogP contribution in [0.4, 0.5) is 0 Å². The fraction of sp³-hybridized carbons (Fsp3) is 0.435. The normalized spacial score (nSPS) is 17.0. The molecule has 1 aliphatic carbocycles. The van der Waals surface area contributed by atoms with Crippen LogP contribution in [0.25, 0.3) is 11.1 Å². The van der Waals surface area contributed by atoms with Crippen LogP contribution < -0.4 is 16.6 Å². The molecule has 29 heavy (non-hydrogen) atoms. The van der Waals surface area contributed by atoms with Gasteiger partial charge in [0.05, 0.1) is 11.6 Å².